The van der Waals surface area contributed by atoms with E-state index in [-0.39, 0.29) is 0 Å². The molecule has 0 bridgehead atoms. The number of halogens is 2. The van der Waals surface area contributed by atoms with Crippen molar-refractivity contribution in [3.63, 3.8) is 0 Å². The average molecular weight is 372 g/mol. The monoisotopic (exact) mass is 372 g/mol. The zero-order valence-corrected chi connectivity index (χ0v) is 14.0. The molecule has 0 radical (unpaired) electrons. The Kier molecular flexibility index (Phi) is 5.26. The Balaban J connectivity index is 2.99. The Morgan fingerprint density at radius 2 is 1.87 bits per heavy atom. The smallest absolute Gasteiger partial charge is 0.364 e. The minimum atomic E-state index is -4.82. The highest BCUT2D eigenvalue weighted by atomic mass is 32.2. The van der Waals surface area contributed by atoms with Gasteiger partial charge in [-0.05, 0) is 20.8 Å². The predicted octanol–water partition coefficient (Wildman–Crippen LogP) is -0.0544. The summed E-state index contributed by atoms with van der Waals surface area (Å²) in [5.41, 5.74) is 5.30. The Bertz CT molecular complexity index is 831. The van der Waals surface area contributed by atoms with Crippen molar-refractivity contribution < 1.29 is 29.9 Å². The molecule has 0 atom stereocenters. The number of nitrogens with zero attached hydrogens (tertiary/aromatic N) is 3. The van der Waals surface area contributed by atoms with Crippen LogP contribution in [-0.4, -0.2) is 43.1 Å². The Labute approximate surface area is 131 Å². The molecule has 1 rings (SSSR count). The number of amidine groups is 1. The summed E-state index contributed by atoms with van der Waals surface area (Å²) < 4.78 is 75.8. The highest BCUT2D eigenvalue weighted by Gasteiger charge is 2.30. The van der Waals surface area contributed by atoms with Crippen molar-refractivity contribution in [1.29, 1.82) is 0 Å². The molecular weight excluding hydrogens is 358 g/mol. The first-order valence-electron chi connectivity index (χ1n) is 5.92. The molecule has 0 fully saturated rings. The zero-order valence-electron chi connectivity index (χ0n) is 12.3. The molecule has 0 unspecified atom stereocenters. The van der Waals surface area contributed by atoms with Crippen LogP contribution in [0.5, 0.6) is 0 Å². The maximum atomic E-state index is 13.3. The second-order valence-corrected chi connectivity index (χ2v) is 9.52. The first-order chi connectivity index (χ1) is 10.3. The third-order valence-electron chi connectivity index (χ3n) is 2.47. The summed E-state index contributed by atoms with van der Waals surface area (Å²) in [7, 11) is -8.54. The van der Waals surface area contributed by atoms with Crippen LogP contribution in [0.2, 0.25) is 0 Å². The second-order valence-electron chi connectivity index (χ2n) is 5.28. The summed E-state index contributed by atoms with van der Waals surface area (Å²) in [6, 6.07) is 0. The SMILES string of the molecule is CC(C)(C)S(=O)(=O)CC(N)=NOS(=O)(=O)c1cnc(F)nc1F. The lowest BCUT2D eigenvalue weighted by molar-refractivity contribution is 0.332. The molecule has 0 aliphatic rings. The number of sulfone groups is 1. The highest BCUT2D eigenvalue weighted by Crippen LogP contribution is 2.17. The molecule has 1 aromatic rings. The van der Waals surface area contributed by atoms with Crippen LogP contribution in [0.1, 0.15) is 20.8 Å². The number of aromatic nitrogens is 2. The van der Waals surface area contributed by atoms with Crippen molar-refractivity contribution in [3.05, 3.63) is 18.2 Å². The van der Waals surface area contributed by atoms with Gasteiger partial charge in [-0.2, -0.15) is 22.2 Å². The van der Waals surface area contributed by atoms with E-state index in [0.717, 1.165) is 0 Å². The fraction of sp³-hybridized carbons (Fsp3) is 0.500. The molecule has 23 heavy (non-hydrogen) atoms. The molecule has 0 aliphatic carbocycles. The van der Waals surface area contributed by atoms with E-state index in [1.807, 2.05) is 0 Å². The van der Waals surface area contributed by atoms with Gasteiger partial charge in [-0.3, -0.25) is 4.28 Å². The normalized spacial score (nSPS) is 13.9. The molecule has 0 saturated heterocycles. The number of hydrogen-bond donors (Lipinski definition) is 1. The van der Waals surface area contributed by atoms with Gasteiger partial charge in [0.1, 0.15) is 5.75 Å². The van der Waals surface area contributed by atoms with E-state index in [4.69, 9.17) is 5.73 Å². The van der Waals surface area contributed by atoms with Crippen LogP contribution < -0.4 is 5.73 Å². The van der Waals surface area contributed by atoms with E-state index < -0.39 is 53.2 Å². The third-order valence-corrected chi connectivity index (χ3v) is 6.10. The van der Waals surface area contributed by atoms with Gasteiger partial charge in [0.15, 0.2) is 20.6 Å². The fourth-order valence-corrected chi connectivity index (χ4v) is 2.66. The van der Waals surface area contributed by atoms with E-state index in [1.165, 1.54) is 20.8 Å². The number of rotatable bonds is 5. The fourth-order valence-electron chi connectivity index (χ4n) is 1.07. The summed E-state index contributed by atoms with van der Waals surface area (Å²) in [4.78, 5) is 4.28. The van der Waals surface area contributed by atoms with Crippen LogP contribution in [0.15, 0.2) is 16.2 Å². The van der Waals surface area contributed by atoms with Crippen LogP contribution >= 0.6 is 0 Å². The van der Waals surface area contributed by atoms with Crippen molar-refractivity contribution >= 4 is 25.8 Å². The van der Waals surface area contributed by atoms with Gasteiger partial charge in [-0.15, -0.1) is 0 Å². The molecule has 9 nitrogen and oxygen atoms in total. The molecule has 13 heteroatoms. The molecule has 0 aliphatic heterocycles. The molecule has 130 valence electrons. The maximum Gasteiger partial charge on any atom is 0.364 e. The van der Waals surface area contributed by atoms with Gasteiger partial charge in [-0.25, -0.2) is 13.4 Å². The summed E-state index contributed by atoms with van der Waals surface area (Å²) in [6.07, 6.45) is -1.13. The van der Waals surface area contributed by atoms with E-state index in [1.54, 1.807) is 0 Å². The van der Waals surface area contributed by atoms with Gasteiger partial charge >= 0.3 is 16.2 Å². The molecule has 0 spiro atoms. The van der Waals surface area contributed by atoms with Crippen molar-refractivity contribution in [2.45, 2.75) is 30.4 Å². The minimum absolute atomic E-state index is 0.338. The van der Waals surface area contributed by atoms with E-state index >= 15 is 0 Å². The van der Waals surface area contributed by atoms with Crippen LogP contribution in [0.3, 0.4) is 0 Å². The van der Waals surface area contributed by atoms with Crippen molar-refractivity contribution in [1.82, 2.24) is 9.97 Å². The lowest BCUT2D eigenvalue weighted by atomic mass is 10.3. The van der Waals surface area contributed by atoms with Crippen LogP contribution in [-0.2, 0) is 24.2 Å². The van der Waals surface area contributed by atoms with E-state index in [9.17, 15) is 25.6 Å². The topological polar surface area (TPSA) is 142 Å². The molecule has 1 aromatic heterocycles. The van der Waals surface area contributed by atoms with E-state index in [0.29, 0.717) is 6.20 Å². The van der Waals surface area contributed by atoms with Crippen LogP contribution in [0.4, 0.5) is 8.78 Å². The van der Waals surface area contributed by atoms with Gasteiger partial charge < -0.3 is 5.73 Å². The summed E-state index contributed by atoms with van der Waals surface area (Å²) in [5.74, 6) is -3.12. The van der Waals surface area contributed by atoms with Crippen LogP contribution in [0.25, 0.3) is 0 Å². The third kappa shape index (κ3) is 4.79. The second kappa shape index (κ2) is 6.31. The van der Waals surface area contributed by atoms with E-state index in [2.05, 4.69) is 19.4 Å². The number of hydrogen-bond acceptors (Lipinski definition) is 8. The lowest BCUT2D eigenvalue weighted by Crippen LogP contribution is -2.36. The van der Waals surface area contributed by atoms with Crippen molar-refractivity contribution in [2.75, 3.05) is 5.75 Å². The molecule has 1 heterocycles. The molecule has 0 saturated carbocycles. The lowest BCUT2D eigenvalue weighted by Gasteiger charge is -2.18. The Morgan fingerprint density at radius 3 is 2.35 bits per heavy atom. The largest absolute Gasteiger partial charge is 0.384 e. The first kappa shape index (κ1) is 19.2. The van der Waals surface area contributed by atoms with Gasteiger partial charge in [0.25, 0.3) is 0 Å². The summed E-state index contributed by atoms with van der Waals surface area (Å²) in [5, 5.41) is 2.95. The van der Waals surface area contributed by atoms with Gasteiger partial charge in [0, 0.05) is 0 Å². The number of nitrogens with two attached hydrogens (primary N) is 1. The maximum absolute atomic E-state index is 13.3. The Morgan fingerprint density at radius 1 is 1.30 bits per heavy atom. The van der Waals surface area contributed by atoms with Gasteiger partial charge in [0.2, 0.25) is 5.95 Å². The molecular formula is C10H14F2N4O5S2. The summed E-state index contributed by atoms with van der Waals surface area (Å²) >= 11 is 0. The Hall–Kier alpha value is -1.89. The quantitative estimate of drug-likeness (QED) is 0.249. The van der Waals surface area contributed by atoms with Crippen molar-refractivity contribution in [2.24, 2.45) is 10.9 Å². The average Bonchev–Trinajstić information content (AvgIpc) is 2.34. The minimum Gasteiger partial charge on any atom is -0.384 e. The standard InChI is InChI=1S/C10H14F2N4O5S2/c1-10(2,3)22(17,18)5-7(13)16-21-23(19,20)6-4-14-9(12)15-8(6)11/h4H,5H2,1-3H3,(H2,13,16). The molecule has 2 N–H and O–H groups in total. The molecule has 0 aromatic carbocycles. The van der Waals surface area contributed by atoms with Gasteiger partial charge in [0.05, 0.1) is 10.9 Å². The predicted molar refractivity (Wildman–Crippen MR) is 75.4 cm³/mol. The van der Waals surface area contributed by atoms with Gasteiger partial charge in [-0.1, -0.05) is 5.16 Å². The number of oxime groups is 1. The van der Waals surface area contributed by atoms with Crippen LogP contribution in [0, 0.1) is 12.0 Å². The molecule has 0 amide bonds. The first-order valence-corrected chi connectivity index (χ1v) is 8.98. The highest BCUT2D eigenvalue weighted by molar-refractivity contribution is 7.93. The zero-order chi connectivity index (χ0) is 18.1. The van der Waals surface area contributed by atoms with Crippen molar-refractivity contribution in [3.8, 4) is 0 Å². The summed E-state index contributed by atoms with van der Waals surface area (Å²) in [6.45, 7) is 4.25.